The maximum atomic E-state index is 13.8. The van der Waals surface area contributed by atoms with E-state index in [0.717, 1.165) is 36.6 Å². The Morgan fingerprint density at radius 1 is 1.14 bits per heavy atom. The molecule has 0 bridgehead atoms. The second kappa shape index (κ2) is 10.2. The van der Waals surface area contributed by atoms with Crippen LogP contribution in [0, 0.1) is 6.92 Å². The number of hydrogen-bond acceptors (Lipinski definition) is 10. The molecular formula is C27H35N9O4S2. The highest BCUT2D eigenvalue weighted by Crippen LogP contribution is 2.41. The van der Waals surface area contributed by atoms with Crippen molar-refractivity contribution in [2.24, 2.45) is 7.05 Å². The van der Waals surface area contributed by atoms with E-state index in [1.165, 1.54) is 11.3 Å². The molecule has 42 heavy (non-hydrogen) atoms. The van der Waals surface area contributed by atoms with Crippen molar-refractivity contribution in [3.05, 3.63) is 28.7 Å². The summed E-state index contributed by atoms with van der Waals surface area (Å²) in [4.78, 5) is 43.7. The topological polar surface area (TPSA) is 154 Å². The van der Waals surface area contributed by atoms with Gasteiger partial charge >= 0.3 is 0 Å². The SMILES string of the molecule is CCn1c(C(=O)N(C2CC2)C2CC2)cc2c3c(ncn3C)c(Nc3nc(C)c(C(=O)NN4CCS(O)(O)CC4)s3)nc21. The van der Waals surface area contributed by atoms with Crippen LogP contribution in [0.15, 0.2) is 12.4 Å². The third kappa shape index (κ3) is 4.92. The van der Waals surface area contributed by atoms with Crippen LogP contribution < -0.4 is 10.7 Å². The third-order valence-corrected chi connectivity index (χ3v) is 11.0. The fourth-order valence-electron chi connectivity index (χ4n) is 5.76. The average Bonchev–Trinajstić information content (AvgIpc) is 3.86. The number of hydrogen-bond donors (Lipinski definition) is 4. The number of carbonyl (C=O) groups is 2. The molecule has 0 atom stereocenters. The predicted molar refractivity (Wildman–Crippen MR) is 164 cm³/mol. The number of aromatic nitrogens is 5. The molecule has 224 valence electrons. The van der Waals surface area contributed by atoms with E-state index in [2.05, 4.69) is 25.6 Å². The van der Waals surface area contributed by atoms with Crippen LogP contribution in [-0.2, 0) is 13.6 Å². The lowest BCUT2D eigenvalue weighted by atomic mass is 10.2. The second-order valence-electron chi connectivity index (χ2n) is 11.4. The lowest BCUT2D eigenvalue weighted by Crippen LogP contribution is -2.49. The van der Waals surface area contributed by atoms with E-state index in [-0.39, 0.29) is 23.3 Å². The molecule has 0 aromatic carbocycles. The van der Waals surface area contributed by atoms with Crippen LogP contribution in [0.3, 0.4) is 0 Å². The number of hydrazine groups is 1. The highest BCUT2D eigenvalue weighted by molar-refractivity contribution is 8.24. The summed E-state index contributed by atoms with van der Waals surface area (Å²) in [6, 6.07) is 2.67. The molecule has 7 rings (SSSR count). The van der Waals surface area contributed by atoms with Gasteiger partial charge in [-0.3, -0.25) is 24.1 Å². The smallest absolute Gasteiger partial charge is 0.277 e. The molecule has 0 spiro atoms. The highest BCUT2D eigenvalue weighted by atomic mass is 32.3. The van der Waals surface area contributed by atoms with E-state index in [1.54, 1.807) is 18.3 Å². The van der Waals surface area contributed by atoms with Crippen molar-refractivity contribution in [3.63, 3.8) is 0 Å². The zero-order chi connectivity index (χ0) is 29.3. The Bertz CT molecular complexity index is 1700. The number of pyridine rings is 1. The maximum absolute atomic E-state index is 13.8. The second-order valence-corrected chi connectivity index (χ2v) is 14.8. The monoisotopic (exact) mass is 613 g/mol. The first-order valence-corrected chi connectivity index (χ1v) is 17.0. The van der Waals surface area contributed by atoms with E-state index in [1.807, 2.05) is 29.2 Å². The van der Waals surface area contributed by atoms with Gasteiger partial charge < -0.3 is 19.4 Å². The predicted octanol–water partition coefficient (Wildman–Crippen LogP) is 3.93. The number of thiazole rings is 1. The normalized spacial score (nSPS) is 19.7. The summed E-state index contributed by atoms with van der Waals surface area (Å²) in [5.74, 6) is 0.772. The van der Waals surface area contributed by atoms with Gasteiger partial charge in [0.15, 0.2) is 10.9 Å². The average molecular weight is 614 g/mol. The molecule has 1 aliphatic heterocycles. The quantitative estimate of drug-likeness (QED) is 0.231. The standard InChI is InChI=1S/C27H35N9O4S2/c1-4-35-19(26(38)36(16-5-6-16)17-7-8-17)13-18-21-20(28-14-33(21)3)23(30-24(18)35)31-27-29-15(2)22(41-27)25(37)32-34-9-11-42(39,40)12-10-34/h13-14,16-17,39-40H,4-12H2,1-3H3,(H,32,37)(H,29,30,31). The van der Waals surface area contributed by atoms with E-state index in [4.69, 9.17) is 4.98 Å². The van der Waals surface area contributed by atoms with Crippen molar-refractivity contribution in [1.82, 2.24) is 39.4 Å². The fourth-order valence-corrected chi connectivity index (χ4v) is 7.85. The molecule has 4 N–H and O–H groups in total. The van der Waals surface area contributed by atoms with Crippen LogP contribution in [0.4, 0.5) is 10.9 Å². The molecule has 0 radical (unpaired) electrons. The molecular weight excluding hydrogens is 578 g/mol. The molecule has 0 unspecified atom stereocenters. The number of fused-ring (bicyclic) bond motifs is 3. The van der Waals surface area contributed by atoms with Crippen LogP contribution in [0.2, 0.25) is 0 Å². The number of aryl methyl sites for hydroxylation is 3. The van der Waals surface area contributed by atoms with Gasteiger partial charge in [-0.05, 0) is 45.6 Å². The molecule has 2 amide bonds. The summed E-state index contributed by atoms with van der Waals surface area (Å²) in [5.41, 5.74) is 6.33. The number of anilines is 2. The van der Waals surface area contributed by atoms with E-state index in [9.17, 15) is 18.7 Å². The summed E-state index contributed by atoms with van der Waals surface area (Å²) in [6.45, 7) is 5.15. The van der Waals surface area contributed by atoms with Crippen LogP contribution in [-0.4, -0.2) is 91.6 Å². The summed E-state index contributed by atoms with van der Waals surface area (Å²) < 4.78 is 23.7. The zero-order valence-electron chi connectivity index (χ0n) is 23.8. The molecule has 2 aliphatic carbocycles. The van der Waals surface area contributed by atoms with E-state index in [0.29, 0.717) is 70.1 Å². The Morgan fingerprint density at radius 2 is 1.83 bits per heavy atom. The zero-order valence-corrected chi connectivity index (χ0v) is 25.5. The van der Waals surface area contributed by atoms with Crippen molar-refractivity contribution in [2.75, 3.05) is 29.9 Å². The lowest BCUT2D eigenvalue weighted by molar-refractivity contribution is 0.0718. The minimum Gasteiger partial charge on any atom is -0.333 e. The van der Waals surface area contributed by atoms with Gasteiger partial charge in [0.1, 0.15) is 21.7 Å². The number of rotatable bonds is 8. The molecule has 1 saturated heterocycles. The third-order valence-electron chi connectivity index (χ3n) is 8.22. The molecule has 2 saturated carbocycles. The van der Waals surface area contributed by atoms with Crippen molar-refractivity contribution in [1.29, 1.82) is 0 Å². The van der Waals surface area contributed by atoms with Crippen LogP contribution in [0.1, 0.15) is 58.5 Å². The van der Waals surface area contributed by atoms with Crippen molar-refractivity contribution in [3.8, 4) is 0 Å². The van der Waals surface area contributed by atoms with E-state index >= 15 is 0 Å². The van der Waals surface area contributed by atoms with Gasteiger partial charge in [0.2, 0.25) is 0 Å². The van der Waals surface area contributed by atoms with E-state index < -0.39 is 10.6 Å². The molecule has 13 nitrogen and oxygen atoms in total. The molecule has 3 aliphatic rings. The molecule has 4 aromatic rings. The van der Waals surface area contributed by atoms with Crippen molar-refractivity contribution in [2.45, 2.75) is 58.2 Å². The number of nitrogens with zero attached hydrogens (tertiary/aromatic N) is 7. The minimum atomic E-state index is -2.55. The van der Waals surface area contributed by atoms with Gasteiger partial charge in [0.05, 0.1) is 29.0 Å². The Labute approximate surface area is 248 Å². The van der Waals surface area contributed by atoms with Gasteiger partial charge in [-0.1, -0.05) is 11.3 Å². The molecule has 4 aromatic heterocycles. The summed E-state index contributed by atoms with van der Waals surface area (Å²) >= 11 is 1.22. The number of amides is 2. The maximum Gasteiger partial charge on any atom is 0.277 e. The Balaban J connectivity index is 1.20. The number of carbonyl (C=O) groups excluding carboxylic acids is 2. The molecule has 15 heteroatoms. The Morgan fingerprint density at radius 3 is 2.48 bits per heavy atom. The highest BCUT2D eigenvalue weighted by Gasteiger charge is 2.43. The van der Waals surface area contributed by atoms with Crippen LogP contribution >= 0.6 is 21.9 Å². The first kappa shape index (κ1) is 27.6. The molecule has 5 heterocycles. The fraction of sp³-hybridized carbons (Fsp3) is 0.519. The van der Waals surface area contributed by atoms with Crippen LogP contribution in [0.5, 0.6) is 0 Å². The van der Waals surface area contributed by atoms with Gasteiger partial charge in [0, 0.05) is 44.2 Å². The Kier molecular flexibility index (Phi) is 6.69. The largest absolute Gasteiger partial charge is 0.333 e. The van der Waals surface area contributed by atoms with Gasteiger partial charge in [-0.25, -0.2) is 20.0 Å². The number of imidazole rings is 1. The minimum absolute atomic E-state index is 0.0784. The first-order valence-electron chi connectivity index (χ1n) is 14.3. The van der Waals surface area contributed by atoms with Crippen LogP contribution in [0.25, 0.3) is 22.1 Å². The number of nitrogens with one attached hydrogen (secondary N) is 2. The van der Waals surface area contributed by atoms with Gasteiger partial charge in [-0.2, -0.15) is 10.6 Å². The Hall–Kier alpha value is -3.24. The summed E-state index contributed by atoms with van der Waals surface area (Å²) in [5, 5.41) is 6.40. The summed E-state index contributed by atoms with van der Waals surface area (Å²) in [6.07, 6.45) is 6.04. The van der Waals surface area contributed by atoms with Crippen molar-refractivity contribution >= 4 is 66.8 Å². The van der Waals surface area contributed by atoms with Crippen molar-refractivity contribution < 1.29 is 18.7 Å². The lowest BCUT2D eigenvalue weighted by Gasteiger charge is -2.40. The van der Waals surface area contributed by atoms with Gasteiger partial charge in [-0.15, -0.1) is 0 Å². The summed E-state index contributed by atoms with van der Waals surface area (Å²) in [7, 11) is -0.622. The van der Waals surface area contributed by atoms with Gasteiger partial charge in [0.25, 0.3) is 11.8 Å². The first-order chi connectivity index (χ1) is 20.1. The molecule has 3 fully saturated rings.